The molecule has 0 fully saturated rings. The van der Waals surface area contributed by atoms with Gasteiger partial charge in [0.1, 0.15) is 28.4 Å². The number of hydrogen-bond acceptors (Lipinski definition) is 7. The summed E-state index contributed by atoms with van der Waals surface area (Å²) in [7, 11) is 0. The third kappa shape index (κ3) is 3.84. The molecule has 6 rings (SSSR count). The Hall–Kier alpha value is -4.14. The molecular formula is C29H27FN4O4. The summed E-state index contributed by atoms with van der Waals surface area (Å²) in [4.78, 5) is 31.0. The molecule has 8 nitrogen and oxygen atoms in total. The number of benzene rings is 2. The van der Waals surface area contributed by atoms with Crippen LogP contribution < -0.4 is 10.1 Å². The second-order valence-corrected chi connectivity index (χ2v) is 10.8. The van der Waals surface area contributed by atoms with Crippen LogP contribution in [0.4, 0.5) is 4.39 Å². The molecule has 1 amide bonds. The van der Waals surface area contributed by atoms with Crippen LogP contribution in [0.3, 0.4) is 0 Å². The average molecular weight is 515 g/mol. The fourth-order valence-electron chi connectivity index (χ4n) is 5.62. The molecule has 0 saturated carbocycles. The number of aliphatic imine (C=N–C) groups is 1. The maximum Gasteiger partial charge on any atom is 0.338 e. The van der Waals surface area contributed by atoms with Crippen molar-refractivity contribution in [3.63, 3.8) is 0 Å². The van der Waals surface area contributed by atoms with E-state index < -0.39 is 17.0 Å². The van der Waals surface area contributed by atoms with E-state index in [-0.39, 0.29) is 18.3 Å². The molecule has 3 aliphatic rings. The summed E-state index contributed by atoms with van der Waals surface area (Å²) in [6.07, 6.45) is 3.23. The first-order chi connectivity index (χ1) is 18.2. The fraction of sp³-hybridized carbons (Fsp3) is 0.345. The maximum absolute atomic E-state index is 14.7. The van der Waals surface area contributed by atoms with Gasteiger partial charge in [-0.3, -0.25) is 9.79 Å². The van der Waals surface area contributed by atoms with Crippen molar-refractivity contribution in [1.82, 2.24) is 15.5 Å². The highest BCUT2D eigenvalue weighted by atomic mass is 19.1. The van der Waals surface area contributed by atoms with Crippen LogP contribution in [-0.4, -0.2) is 40.1 Å². The highest BCUT2D eigenvalue weighted by Gasteiger charge is 2.52. The number of amides is 1. The van der Waals surface area contributed by atoms with E-state index >= 15 is 0 Å². The number of aryl methyl sites for hydroxylation is 1. The normalized spacial score (nSPS) is 20.5. The lowest BCUT2D eigenvalue weighted by atomic mass is 9.73. The highest BCUT2D eigenvalue weighted by molar-refractivity contribution is 6.16. The van der Waals surface area contributed by atoms with Crippen molar-refractivity contribution in [3.8, 4) is 5.75 Å². The molecule has 0 radical (unpaired) electrons. The summed E-state index contributed by atoms with van der Waals surface area (Å²) in [6, 6.07) is 10.1. The number of nitrogens with zero attached hydrogens (tertiary/aromatic N) is 3. The van der Waals surface area contributed by atoms with Crippen LogP contribution in [0.5, 0.6) is 5.75 Å². The van der Waals surface area contributed by atoms with Gasteiger partial charge in [0.15, 0.2) is 0 Å². The van der Waals surface area contributed by atoms with Crippen LogP contribution in [0.25, 0.3) is 0 Å². The average Bonchev–Trinajstić information content (AvgIpc) is 3.51. The molecule has 194 valence electrons. The van der Waals surface area contributed by atoms with Crippen LogP contribution in [0.15, 0.2) is 47.6 Å². The van der Waals surface area contributed by atoms with E-state index in [9.17, 15) is 14.0 Å². The Morgan fingerprint density at radius 1 is 1.21 bits per heavy atom. The van der Waals surface area contributed by atoms with Crippen molar-refractivity contribution >= 4 is 17.7 Å². The molecule has 3 aromatic rings. The van der Waals surface area contributed by atoms with Crippen LogP contribution in [0, 0.1) is 5.82 Å². The van der Waals surface area contributed by atoms with E-state index in [2.05, 4.69) is 20.5 Å². The zero-order chi connectivity index (χ0) is 26.7. The number of ether oxygens (including phenoxy) is 2. The van der Waals surface area contributed by atoms with E-state index in [0.717, 1.165) is 16.7 Å². The molecule has 1 N–H and O–H groups in total. The largest absolute Gasteiger partial charge is 0.493 e. The molecule has 1 atom stereocenters. The van der Waals surface area contributed by atoms with Gasteiger partial charge in [0.05, 0.1) is 30.6 Å². The quantitative estimate of drug-likeness (QED) is 0.533. The highest BCUT2D eigenvalue weighted by Crippen LogP contribution is 2.46. The lowest BCUT2D eigenvalue weighted by molar-refractivity contribution is -0.124. The van der Waals surface area contributed by atoms with Gasteiger partial charge < -0.3 is 14.8 Å². The van der Waals surface area contributed by atoms with Crippen LogP contribution in [0.1, 0.15) is 71.1 Å². The van der Waals surface area contributed by atoms with Gasteiger partial charge in [0.2, 0.25) is 5.91 Å². The van der Waals surface area contributed by atoms with Gasteiger partial charge in [0, 0.05) is 23.1 Å². The molecule has 0 saturated heterocycles. The van der Waals surface area contributed by atoms with Gasteiger partial charge in [-0.25, -0.2) is 9.18 Å². The van der Waals surface area contributed by atoms with Crippen LogP contribution >= 0.6 is 0 Å². The third-order valence-corrected chi connectivity index (χ3v) is 7.30. The fourth-order valence-corrected chi connectivity index (χ4v) is 5.62. The topological polar surface area (TPSA) is 103 Å². The summed E-state index contributed by atoms with van der Waals surface area (Å²) in [5.41, 5.74) is 2.88. The van der Waals surface area contributed by atoms with Gasteiger partial charge in [0.25, 0.3) is 0 Å². The van der Waals surface area contributed by atoms with E-state index in [1.165, 1.54) is 6.07 Å². The van der Waals surface area contributed by atoms with Crippen molar-refractivity contribution in [2.45, 2.75) is 57.6 Å². The molecule has 38 heavy (non-hydrogen) atoms. The van der Waals surface area contributed by atoms with E-state index in [0.29, 0.717) is 59.8 Å². The first-order valence-electron chi connectivity index (χ1n) is 12.7. The van der Waals surface area contributed by atoms with E-state index in [1.54, 1.807) is 30.5 Å². The number of hydrogen-bond donors (Lipinski definition) is 1. The number of amidine groups is 1. The Bertz CT molecular complexity index is 1530. The summed E-state index contributed by atoms with van der Waals surface area (Å²) >= 11 is 0. The van der Waals surface area contributed by atoms with Crippen molar-refractivity contribution in [2.75, 3.05) is 6.61 Å². The minimum absolute atomic E-state index is 0.0541. The molecule has 1 spiro atoms. The molecule has 0 bridgehead atoms. The third-order valence-electron chi connectivity index (χ3n) is 7.30. The minimum Gasteiger partial charge on any atom is -0.493 e. The number of halogens is 1. The Kier molecular flexibility index (Phi) is 5.55. The van der Waals surface area contributed by atoms with Gasteiger partial charge in [-0.15, -0.1) is 0 Å². The Labute approximate surface area is 219 Å². The summed E-state index contributed by atoms with van der Waals surface area (Å²) in [5, 5.41) is 11.5. The predicted octanol–water partition coefficient (Wildman–Crippen LogP) is 3.81. The van der Waals surface area contributed by atoms with Crippen molar-refractivity contribution in [2.24, 2.45) is 4.99 Å². The zero-order valence-corrected chi connectivity index (χ0v) is 21.4. The zero-order valence-electron chi connectivity index (χ0n) is 21.4. The second-order valence-electron chi connectivity index (χ2n) is 10.8. The van der Waals surface area contributed by atoms with Gasteiger partial charge in [-0.2, -0.15) is 10.2 Å². The number of aromatic nitrogens is 2. The van der Waals surface area contributed by atoms with Gasteiger partial charge in [-0.1, -0.05) is 6.07 Å². The Balaban J connectivity index is 1.37. The standard InChI is InChI=1S/C29H27FN4O4/c1-28(2,3)38-26(35)17-4-5-21-16(14-17)8-11-29(21)24-19(9-12-32-34-24)25(33-27(29)36)31-15-20-18-10-13-37-23(18)7-6-22(20)30/h4-7,9,12,14H,8,10-11,13,15H2,1-3H3,(H,31,33,36). The number of nitrogens with one attached hydrogen (secondary N) is 1. The lowest BCUT2D eigenvalue weighted by Gasteiger charge is -2.34. The molecule has 1 aromatic heterocycles. The molecule has 2 aromatic carbocycles. The van der Waals surface area contributed by atoms with Gasteiger partial charge in [-0.05, 0) is 75.1 Å². The van der Waals surface area contributed by atoms with Crippen molar-refractivity contribution < 1.29 is 23.5 Å². The van der Waals surface area contributed by atoms with Gasteiger partial charge >= 0.3 is 5.97 Å². The smallest absolute Gasteiger partial charge is 0.338 e. The summed E-state index contributed by atoms with van der Waals surface area (Å²) < 4.78 is 25.8. The van der Waals surface area contributed by atoms with E-state index in [1.807, 2.05) is 26.8 Å². The molecule has 3 heterocycles. The summed E-state index contributed by atoms with van der Waals surface area (Å²) in [6.45, 7) is 6.03. The summed E-state index contributed by atoms with van der Waals surface area (Å²) in [5.74, 6) is -0.0204. The number of carbonyl (C=O) groups is 2. The van der Waals surface area contributed by atoms with Crippen LogP contribution in [0.2, 0.25) is 0 Å². The van der Waals surface area contributed by atoms with Crippen molar-refractivity contribution in [3.05, 3.63) is 87.5 Å². The van der Waals surface area contributed by atoms with E-state index in [4.69, 9.17) is 9.47 Å². The monoisotopic (exact) mass is 514 g/mol. The number of rotatable bonds is 3. The Morgan fingerprint density at radius 3 is 2.87 bits per heavy atom. The minimum atomic E-state index is -1.06. The lowest BCUT2D eigenvalue weighted by Crippen LogP contribution is -2.52. The molecule has 9 heteroatoms. The predicted molar refractivity (Wildman–Crippen MR) is 137 cm³/mol. The first-order valence-corrected chi connectivity index (χ1v) is 12.7. The SMILES string of the molecule is CC(C)(C)OC(=O)c1ccc2c(c1)CCC21C(=O)NC(=NCc2c(F)ccc3c2CCO3)c2ccnnc21. The molecular weight excluding hydrogens is 487 g/mol. The number of esters is 1. The maximum atomic E-state index is 14.7. The number of fused-ring (bicyclic) bond motifs is 5. The second kappa shape index (κ2) is 8.72. The van der Waals surface area contributed by atoms with Crippen LogP contribution in [-0.2, 0) is 34.3 Å². The molecule has 1 unspecified atom stereocenters. The Morgan fingerprint density at radius 2 is 2.05 bits per heavy atom. The van der Waals surface area contributed by atoms with Crippen molar-refractivity contribution in [1.29, 1.82) is 0 Å². The first kappa shape index (κ1) is 24.2. The molecule has 2 aliphatic heterocycles. The number of carbonyl (C=O) groups excluding carboxylic acids is 2. The molecule has 1 aliphatic carbocycles.